The number of rotatable bonds is 6. The first-order valence-electron chi connectivity index (χ1n) is 13.7. The number of Topliss-reactive ketones (excluding diaryl/α,β-unsaturated/α-hetero) is 2. The summed E-state index contributed by atoms with van der Waals surface area (Å²) in [6.45, 7) is 14.7. The van der Waals surface area contributed by atoms with Gasteiger partial charge < -0.3 is 0 Å². The fraction of sp³-hybridized carbons (Fsp3) is 0.931. The maximum Gasteiger partial charge on any atom is 0.137 e. The van der Waals surface area contributed by atoms with E-state index in [0.717, 1.165) is 42.4 Å². The largest absolute Gasteiger partial charge is 0.300 e. The zero-order valence-corrected chi connectivity index (χ0v) is 21.2. The summed E-state index contributed by atoms with van der Waals surface area (Å²) in [5.41, 5.74) is 0.513. The monoisotopic (exact) mass is 428 g/mol. The average molecular weight is 429 g/mol. The molecule has 4 rings (SSSR count). The van der Waals surface area contributed by atoms with Gasteiger partial charge in [0, 0.05) is 25.2 Å². The molecule has 0 unspecified atom stereocenters. The van der Waals surface area contributed by atoms with Crippen molar-refractivity contribution in [3.63, 3.8) is 0 Å². The zero-order chi connectivity index (χ0) is 22.6. The third kappa shape index (κ3) is 3.86. The molecule has 176 valence electrons. The lowest BCUT2D eigenvalue weighted by molar-refractivity contribution is -0.159. The van der Waals surface area contributed by atoms with Crippen molar-refractivity contribution in [2.75, 3.05) is 0 Å². The van der Waals surface area contributed by atoms with Gasteiger partial charge in [0.2, 0.25) is 0 Å². The molecule has 31 heavy (non-hydrogen) atoms. The summed E-state index contributed by atoms with van der Waals surface area (Å²) in [6.07, 6.45) is 12.4. The Morgan fingerprint density at radius 1 is 0.903 bits per heavy atom. The minimum atomic E-state index is 0.0255. The van der Waals surface area contributed by atoms with Crippen LogP contribution in [0.3, 0.4) is 0 Å². The van der Waals surface area contributed by atoms with Crippen LogP contribution >= 0.6 is 0 Å². The van der Waals surface area contributed by atoms with Crippen molar-refractivity contribution in [2.45, 2.75) is 112 Å². The summed E-state index contributed by atoms with van der Waals surface area (Å²) in [5.74, 6) is 6.05. The first kappa shape index (κ1) is 23.5. The Kier molecular flexibility index (Phi) is 6.52. The van der Waals surface area contributed by atoms with Crippen LogP contribution in [0, 0.1) is 58.2 Å². The average Bonchev–Trinajstić information content (AvgIpc) is 3.07. The fourth-order valence-corrected chi connectivity index (χ4v) is 9.50. The Bertz CT molecular complexity index is 695. The third-order valence-electron chi connectivity index (χ3n) is 11.5. The Labute approximate surface area is 191 Å². The molecule has 2 heteroatoms. The number of hydrogen-bond donors (Lipinski definition) is 0. The normalized spacial score (nSPS) is 44.5. The van der Waals surface area contributed by atoms with Crippen molar-refractivity contribution in [1.82, 2.24) is 0 Å². The van der Waals surface area contributed by atoms with Crippen LogP contribution in [0.25, 0.3) is 0 Å². The lowest BCUT2D eigenvalue weighted by Gasteiger charge is -2.59. The minimum Gasteiger partial charge on any atom is -0.300 e. The first-order valence-corrected chi connectivity index (χ1v) is 13.7. The van der Waals surface area contributed by atoms with E-state index in [0.29, 0.717) is 41.7 Å². The molecule has 0 amide bonds. The minimum absolute atomic E-state index is 0.0255. The van der Waals surface area contributed by atoms with Gasteiger partial charge >= 0.3 is 0 Å². The van der Waals surface area contributed by atoms with Crippen molar-refractivity contribution in [2.24, 2.45) is 58.2 Å². The molecule has 0 saturated heterocycles. The number of fused-ring (bicyclic) bond motifs is 5. The molecule has 0 aromatic carbocycles. The molecular formula is C29H48O2. The van der Waals surface area contributed by atoms with Crippen molar-refractivity contribution >= 4 is 11.6 Å². The van der Waals surface area contributed by atoms with Crippen LogP contribution in [0.15, 0.2) is 0 Å². The third-order valence-corrected chi connectivity index (χ3v) is 11.5. The van der Waals surface area contributed by atoms with Gasteiger partial charge in [-0.2, -0.15) is 0 Å². The lowest BCUT2D eigenvalue weighted by atomic mass is 9.44. The molecule has 9 atom stereocenters. The fourth-order valence-electron chi connectivity index (χ4n) is 9.50. The first-order chi connectivity index (χ1) is 14.6. The van der Waals surface area contributed by atoms with Crippen LogP contribution < -0.4 is 0 Å². The molecule has 0 bridgehead atoms. The Morgan fingerprint density at radius 2 is 1.61 bits per heavy atom. The van der Waals surface area contributed by atoms with E-state index in [1.54, 1.807) is 0 Å². The van der Waals surface area contributed by atoms with E-state index in [4.69, 9.17) is 0 Å². The summed E-state index contributed by atoms with van der Waals surface area (Å²) in [6, 6.07) is 0. The lowest BCUT2D eigenvalue weighted by Crippen LogP contribution is -2.56. The van der Waals surface area contributed by atoms with Crippen molar-refractivity contribution in [3.8, 4) is 0 Å². The van der Waals surface area contributed by atoms with E-state index < -0.39 is 0 Å². The summed E-state index contributed by atoms with van der Waals surface area (Å²) >= 11 is 0. The van der Waals surface area contributed by atoms with E-state index >= 15 is 0 Å². The van der Waals surface area contributed by atoms with E-state index in [-0.39, 0.29) is 11.3 Å². The second kappa shape index (κ2) is 8.60. The molecule has 0 aromatic rings. The molecule has 4 aliphatic carbocycles. The number of carbonyl (C=O) groups is 2. The van der Waals surface area contributed by atoms with Crippen LogP contribution in [0.4, 0.5) is 0 Å². The van der Waals surface area contributed by atoms with Gasteiger partial charge in [0.15, 0.2) is 0 Å². The van der Waals surface area contributed by atoms with Crippen molar-refractivity contribution in [3.05, 3.63) is 0 Å². The van der Waals surface area contributed by atoms with Gasteiger partial charge in [0.1, 0.15) is 11.6 Å². The summed E-state index contributed by atoms with van der Waals surface area (Å²) in [4.78, 5) is 25.4. The highest BCUT2D eigenvalue weighted by molar-refractivity contribution is 5.90. The molecule has 0 radical (unpaired) electrons. The quantitative estimate of drug-likeness (QED) is 0.439. The molecule has 0 spiro atoms. The number of ketones is 2. The Balaban J connectivity index is 1.49. The predicted octanol–water partition coefficient (Wildman–Crippen LogP) is 7.49. The molecule has 2 nitrogen and oxygen atoms in total. The van der Waals surface area contributed by atoms with Gasteiger partial charge in [0.25, 0.3) is 0 Å². The summed E-state index contributed by atoms with van der Waals surface area (Å²) in [5, 5.41) is 0. The number of hydrogen-bond acceptors (Lipinski definition) is 2. The van der Waals surface area contributed by atoms with Crippen molar-refractivity contribution < 1.29 is 9.59 Å². The Morgan fingerprint density at radius 3 is 2.29 bits per heavy atom. The molecule has 0 aliphatic heterocycles. The summed E-state index contributed by atoms with van der Waals surface area (Å²) in [7, 11) is 0. The molecule has 0 heterocycles. The number of carbonyl (C=O) groups excluding carboxylic acids is 2. The highest BCUT2D eigenvalue weighted by Crippen LogP contribution is 2.67. The SMILES string of the molecule is CC[C@@H](CC[C@@H](C)[C@H]1CC[C@@H]2[C@@H]3CC(=O)[C@H]4CC(=O)CC[C@]4(C)[C@H]3CC[C@@]21C)C(C)C. The standard InChI is InChI=1S/C29H48O2/c1-7-20(18(2)3)9-8-19(4)23-10-11-24-22-17-27(31)26-16-21(30)12-14-29(26,6)25(22)13-15-28(23,24)5/h18-20,22-26H,7-17H2,1-6H3/t19-,20+,22+,23-,24-,25+,26-,28-,29-/m1/s1. The zero-order valence-electron chi connectivity index (χ0n) is 21.2. The molecule has 4 aliphatic rings. The van der Waals surface area contributed by atoms with E-state index in [1.807, 2.05) is 0 Å². The van der Waals surface area contributed by atoms with E-state index in [2.05, 4.69) is 41.5 Å². The van der Waals surface area contributed by atoms with Crippen LogP contribution in [0.1, 0.15) is 112 Å². The molecule has 0 N–H and O–H groups in total. The smallest absolute Gasteiger partial charge is 0.137 e. The van der Waals surface area contributed by atoms with Gasteiger partial charge in [-0.3, -0.25) is 9.59 Å². The van der Waals surface area contributed by atoms with Gasteiger partial charge in [0.05, 0.1) is 0 Å². The van der Waals surface area contributed by atoms with Gasteiger partial charge in [-0.15, -0.1) is 0 Å². The molecule has 0 aromatic heterocycles. The van der Waals surface area contributed by atoms with E-state index in [1.165, 1.54) is 44.9 Å². The van der Waals surface area contributed by atoms with Gasteiger partial charge in [-0.05, 0) is 90.8 Å². The molecule has 4 saturated carbocycles. The topological polar surface area (TPSA) is 34.1 Å². The van der Waals surface area contributed by atoms with Gasteiger partial charge in [-0.25, -0.2) is 0 Å². The van der Waals surface area contributed by atoms with E-state index in [9.17, 15) is 9.59 Å². The van der Waals surface area contributed by atoms with Gasteiger partial charge in [-0.1, -0.05) is 54.4 Å². The van der Waals surface area contributed by atoms with Crippen LogP contribution in [0.2, 0.25) is 0 Å². The second-order valence-electron chi connectivity index (χ2n) is 13.0. The maximum absolute atomic E-state index is 13.3. The van der Waals surface area contributed by atoms with Crippen LogP contribution in [-0.2, 0) is 9.59 Å². The highest BCUT2D eigenvalue weighted by atomic mass is 16.1. The summed E-state index contributed by atoms with van der Waals surface area (Å²) < 4.78 is 0. The van der Waals surface area contributed by atoms with Crippen LogP contribution in [0.5, 0.6) is 0 Å². The van der Waals surface area contributed by atoms with Crippen molar-refractivity contribution in [1.29, 1.82) is 0 Å². The highest BCUT2D eigenvalue weighted by Gasteiger charge is 2.62. The Hall–Kier alpha value is -0.660. The molecular weight excluding hydrogens is 380 g/mol. The predicted molar refractivity (Wildman–Crippen MR) is 128 cm³/mol. The molecule has 4 fully saturated rings. The maximum atomic E-state index is 13.3. The van der Waals surface area contributed by atoms with Crippen LogP contribution in [-0.4, -0.2) is 11.6 Å². The second-order valence-corrected chi connectivity index (χ2v) is 13.0.